The largest absolute Gasteiger partial charge is 0.372 e. The van der Waals surface area contributed by atoms with Gasteiger partial charge in [0.1, 0.15) is 0 Å². The summed E-state index contributed by atoms with van der Waals surface area (Å²) in [4.78, 5) is 14.1. The van der Waals surface area contributed by atoms with E-state index in [0.717, 1.165) is 5.56 Å². The lowest BCUT2D eigenvalue weighted by Gasteiger charge is -2.35. The third kappa shape index (κ3) is 5.02. The molecule has 1 aliphatic heterocycles. The van der Waals surface area contributed by atoms with Gasteiger partial charge in [-0.3, -0.25) is 4.79 Å². The molecule has 0 spiro atoms. The molecule has 2 rings (SSSR count). The van der Waals surface area contributed by atoms with E-state index in [-0.39, 0.29) is 36.0 Å². The number of nitrogens with one attached hydrogen (secondary N) is 1. The highest BCUT2D eigenvalue weighted by molar-refractivity contribution is 7.89. The van der Waals surface area contributed by atoms with Crippen LogP contribution in [0.25, 0.3) is 0 Å². The van der Waals surface area contributed by atoms with Crippen molar-refractivity contribution in [2.75, 3.05) is 19.6 Å². The summed E-state index contributed by atoms with van der Waals surface area (Å²) in [5.41, 5.74) is 0.995. The molecule has 7 heteroatoms. The van der Waals surface area contributed by atoms with Crippen molar-refractivity contribution >= 4 is 15.9 Å². The molecule has 1 N–H and O–H groups in total. The molecule has 0 radical (unpaired) electrons. The molecular formula is C16H24N2O4S. The second-order valence-corrected chi connectivity index (χ2v) is 7.78. The summed E-state index contributed by atoms with van der Waals surface area (Å²) in [6.45, 7) is 6.94. The minimum absolute atomic E-state index is 0.00644. The van der Waals surface area contributed by atoms with Gasteiger partial charge in [-0.2, -0.15) is 0 Å². The van der Waals surface area contributed by atoms with Crippen molar-refractivity contribution in [1.29, 1.82) is 0 Å². The number of amides is 1. The summed E-state index contributed by atoms with van der Waals surface area (Å²) in [7, 11) is -3.57. The zero-order valence-corrected chi connectivity index (χ0v) is 14.6. The number of benzene rings is 1. The van der Waals surface area contributed by atoms with Crippen molar-refractivity contribution in [1.82, 2.24) is 9.62 Å². The molecule has 0 bridgehead atoms. The number of carbonyl (C=O) groups is 1. The Morgan fingerprint density at radius 2 is 1.78 bits per heavy atom. The van der Waals surface area contributed by atoms with E-state index in [1.54, 1.807) is 29.2 Å². The fourth-order valence-electron chi connectivity index (χ4n) is 2.63. The van der Waals surface area contributed by atoms with Crippen molar-refractivity contribution < 1.29 is 17.9 Å². The molecule has 0 unspecified atom stereocenters. The average molecular weight is 340 g/mol. The molecule has 1 aromatic carbocycles. The first-order chi connectivity index (χ1) is 10.8. The van der Waals surface area contributed by atoms with Gasteiger partial charge in [0.15, 0.2) is 0 Å². The molecule has 1 aliphatic rings. The Morgan fingerprint density at radius 1 is 1.22 bits per heavy atom. The Bertz CT molecular complexity index is 633. The average Bonchev–Trinajstić information content (AvgIpc) is 2.46. The summed E-state index contributed by atoms with van der Waals surface area (Å²) in [6.07, 6.45) is 0.156. The van der Waals surface area contributed by atoms with Crippen LogP contribution in [-0.4, -0.2) is 51.1 Å². The fourth-order valence-corrected chi connectivity index (χ4v) is 3.66. The molecule has 1 aromatic rings. The van der Waals surface area contributed by atoms with E-state index in [4.69, 9.17) is 4.74 Å². The van der Waals surface area contributed by atoms with E-state index in [9.17, 15) is 13.2 Å². The number of rotatable bonds is 5. The summed E-state index contributed by atoms with van der Waals surface area (Å²) in [5, 5.41) is 0. The molecule has 2 atom stereocenters. The van der Waals surface area contributed by atoms with Crippen LogP contribution in [0.3, 0.4) is 0 Å². The molecule has 1 saturated heterocycles. The number of carbonyl (C=O) groups excluding carboxylic acids is 1. The Labute approximate surface area is 137 Å². The van der Waals surface area contributed by atoms with Crippen LogP contribution in [0.2, 0.25) is 0 Å². The molecule has 1 fully saturated rings. The van der Waals surface area contributed by atoms with Crippen molar-refractivity contribution in [2.24, 2.45) is 0 Å². The van der Waals surface area contributed by atoms with Crippen LogP contribution < -0.4 is 4.72 Å². The summed E-state index contributed by atoms with van der Waals surface area (Å²) < 4.78 is 32.4. The second kappa shape index (κ2) is 7.42. The van der Waals surface area contributed by atoms with E-state index in [0.29, 0.717) is 13.1 Å². The lowest BCUT2D eigenvalue weighted by molar-refractivity contribution is -0.143. The van der Waals surface area contributed by atoms with Gasteiger partial charge in [-0.05, 0) is 32.9 Å². The third-order valence-electron chi connectivity index (χ3n) is 3.73. The minimum atomic E-state index is -3.57. The van der Waals surface area contributed by atoms with Crippen LogP contribution in [0.1, 0.15) is 25.8 Å². The number of morpholine rings is 1. The second-order valence-electron chi connectivity index (χ2n) is 6.02. The zero-order chi connectivity index (χ0) is 17.0. The first-order valence-electron chi connectivity index (χ1n) is 7.77. The predicted molar refractivity (Wildman–Crippen MR) is 87.6 cm³/mol. The summed E-state index contributed by atoms with van der Waals surface area (Å²) in [6, 6.07) is 6.61. The van der Waals surface area contributed by atoms with Gasteiger partial charge in [0.05, 0.1) is 17.1 Å². The number of aryl methyl sites for hydroxylation is 1. The van der Waals surface area contributed by atoms with Gasteiger partial charge < -0.3 is 9.64 Å². The van der Waals surface area contributed by atoms with Gasteiger partial charge in [-0.1, -0.05) is 17.7 Å². The van der Waals surface area contributed by atoms with Crippen molar-refractivity contribution in [3.05, 3.63) is 29.8 Å². The molecule has 6 nitrogen and oxygen atoms in total. The monoisotopic (exact) mass is 340 g/mol. The van der Waals surface area contributed by atoms with Crippen LogP contribution >= 0.6 is 0 Å². The zero-order valence-electron chi connectivity index (χ0n) is 13.8. The molecular weight excluding hydrogens is 316 g/mol. The Hall–Kier alpha value is -1.44. The number of ether oxygens (including phenoxy) is 1. The topological polar surface area (TPSA) is 75.7 Å². The van der Waals surface area contributed by atoms with Gasteiger partial charge in [0.2, 0.25) is 15.9 Å². The molecule has 1 amide bonds. The van der Waals surface area contributed by atoms with Gasteiger partial charge >= 0.3 is 0 Å². The van der Waals surface area contributed by atoms with Crippen LogP contribution in [0.15, 0.2) is 29.2 Å². The van der Waals surface area contributed by atoms with Crippen LogP contribution in [-0.2, 0) is 19.6 Å². The van der Waals surface area contributed by atoms with Gasteiger partial charge in [0.25, 0.3) is 0 Å². The molecule has 128 valence electrons. The molecule has 0 aromatic heterocycles. The minimum Gasteiger partial charge on any atom is -0.372 e. The lowest BCUT2D eigenvalue weighted by atomic mass is 10.2. The first kappa shape index (κ1) is 17.9. The standard InChI is InChI=1S/C16H24N2O4S/c1-12-4-6-15(7-5-12)23(20,21)17-9-8-16(19)18-10-13(2)22-14(3)11-18/h4-7,13-14,17H,8-11H2,1-3H3/t13-,14-/m1/s1. The van der Waals surface area contributed by atoms with Crippen molar-refractivity contribution in [3.63, 3.8) is 0 Å². The summed E-state index contributed by atoms with van der Waals surface area (Å²) >= 11 is 0. The number of hydrogen-bond donors (Lipinski definition) is 1. The van der Waals surface area contributed by atoms with E-state index >= 15 is 0 Å². The highest BCUT2D eigenvalue weighted by Crippen LogP contribution is 2.12. The quantitative estimate of drug-likeness (QED) is 0.877. The molecule has 1 heterocycles. The first-order valence-corrected chi connectivity index (χ1v) is 9.26. The Morgan fingerprint density at radius 3 is 2.35 bits per heavy atom. The van der Waals surface area contributed by atoms with E-state index in [1.807, 2.05) is 20.8 Å². The maximum Gasteiger partial charge on any atom is 0.240 e. The highest BCUT2D eigenvalue weighted by Gasteiger charge is 2.25. The maximum absolute atomic E-state index is 12.2. The van der Waals surface area contributed by atoms with Crippen molar-refractivity contribution in [3.8, 4) is 0 Å². The number of nitrogens with zero attached hydrogens (tertiary/aromatic N) is 1. The summed E-state index contributed by atoms with van der Waals surface area (Å²) in [5.74, 6) is -0.0568. The fraction of sp³-hybridized carbons (Fsp3) is 0.562. The number of sulfonamides is 1. The Kier molecular flexibility index (Phi) is 5.78. The van der Waals surface area contributed by atoms with E-state index < -0.39 is 10.0 Å². The van der Waals surface area contributed by atoms with Gasteiger partial charge in [-0.25, -0.2) is 13.1 Å². The van der Waals surface area contributed by atoms with Crippen LogP contribution in [0.4, 0.5) is 0 Å². The smallest absolute Gasteiger partial charge is 0.240 e. The lowest BCUT2D eigenvalue weighted by Crippen LogP contribution is -2.48. The molecule has 23 heavy (non-hydrogen) atoms. The predicted octanol–water partition coefficient (Wildman–Crippen LogP) is 1.30. The number of hydrogen-bond acceptors (Lipinski definition) is 4. The molecule has 0 aliphatic carbocycles. The van der Waals surface area contributed by atoms with E-state index in [2.05, 4.69) is 4.72 Å². The van der Waals surface area contributed by atoms with E-state index in [1.165, 1.54) is 0 Å². The van der Waals surface area contributed by atoms with Crippen LogP contribution in [0.5, 0.6) is 0 Å². The Balaban J connectivity index is 1.86. The van der Waals surface area contributed by atoms with Gasteiger partial charge in [-0.15, -0.1) is 0 Å². The molecule has 0 saturated carbocycles. The van der Waals surface area contributed by atoms with Crippen LogP contribution in [0, 0.1) is 6.92 Å². The highest BCUT2D eigenvalue weighted by atomic mass is 32.2. The third-order valence-corrected chi connectivity index (χ3v) is 5.21. The maximum atomic E-state index is 12.2. The normalized spacial score (nSPS) is 22.1. The van der Waals surface area contributed by atoms with Gasteiger partial charge in [0, 0.05) is 26.1 Å². The SMILES string of the molecule is Cc1ccc(S(=O)(=O)NCCC(=O)N2C[C@@H](C)O[C@H](C)C2)cc1. The van der Waals surface area contributed by atoms with Crippen molar-refractivity contribution in [2.45, 2.75) is 44.3 Å².